The van der Waals surface area contributed by atoms with E-state index < -0.39 is 5.54 Å². The fourth-order valence-electron chi connectivity index (χ4n) is 3.55. The molecule has 3 rings (SSSR count). The second-order valence-corrected chi connectivity index (χ2v) is 7.21. The highest BCUT2D eigenvalue weighted by molar-refractivity contribution is 5.90. The lowest BCUT2D eigenvalue weighted by atomic mass is 9.89. The van der Waals surface area contributed by atoms with Gasteiger partial charge in [0.25, 0.3) is 0 Å². The summed E-state index contributed by atoms with van der Waals surface area (Å²) in [5, 5.41) is 9.92. The molecule has 0 atom stereocenters. The topological polar surface area (TPSA) is 136 Å². The number of carbonyl (C=O) groups excluding carboxylic acids is 2. The fourth-order valence-corrected chi connectivity index (χ4v) is 3.55. The molecule has 1 saturated carbocycles. The molecule has 0 bridgehead atoms. The predicted octanol–water partition coefficient (Wildman–Crippen LogP) is 2.73. The molecule has 9 nitrogen and oxygen atoms in total. The zero-order chi connectivity index (χ0) is 20.0. The Hall–Kier alpha value is -2.68. The van der Waals surface area contributed by atoms with Crippen molar-refractivity contribution >= 4 is 35.7 Å². The van der Waals surface area contributed by atoms with Crippen molar-refractivity contribution in [3.63, 3.8) is 0 Å². The van der Waals surface area contributed by atoms with Crippen LogP contribution in [0.3, 0.4) is 0 Å². The summed E-state index contributed by atoms with van der Waals surface area (Å²) >= 11 is 0. The minimum Gasteiger partial charge on any atom is -0.384 e. The zero-order valence-corrected chi connectivity index (χ0v) is 17.3. The third-order valence-electron chi connectivity index (χ3n) is 4.90. The largest absolute Gasteiger partial charge is 0.384 e. The maximum absolute atomic E-state index is 12.1. The number of carbonyl (C=O) groups is 2. The van der Waals surface area contributed by atoms with E-state index >= 15 is 0 Å². The molecular formula is C19H27ClN6O3. The summed E-state index contributed by atoms with van der Waals surface area (Å²) in [6.45, 7) is 1.50. The van der Waals surface area contributed by atoms with Gasteiger partial charge < -0.3 is 20.9 Å². The number of nitrogens with two attached hydrogens (primary N) is 1. The highest BCUT2D eigenvalue weighted by Crippen LogP contribution is 2.34. The number of amides is 2. The molecule has 1 aliphatic rings. The van der Waals surface area contributed by atoms with Crippen LogP contribution in [0.1, 0.15) is 63.6 Å². The van der Waals surface area contributed by atoms with Gasteiger partial charge in [-0.3, -0.25) is 9.59 Å². The predicted molar refractivity (Wildman–Crippen MR) is 110 cm³/mol. The highest BCUT2D eigenvalue weighted by Gasteiger charge is 2.38. The van der Waals surface area contributed by atoms with E-state index in [1.54, 1.807) is 12.1 Å². The Bertz CT molecular complexity index is 816. The first-order valence-electron chi connectivity index (χ1n) is 9.60. The Labute approximate surface area is 175 Å². The van der Waals surface area contributed by atoms with Crippen molar-refractivity contribution in [1.29, 1.82) is 0 Å². The number of nitrogens with one attached hydrogen (secondary N) is 2. The van der Waals surface area contributed by atoms with E-state index in [2.05, 4.69) is 25.8 Å². The van der Waals surface area contributed by atoms with Crippen LogP contribution in [0.15, 0.2) is 22.9 Å². The molecule has 2 amide bonds. The highest BCUT2D eigenvalue weighted by atomic mass is 35.5. The van der Waals surface area contributed by atoms with Gasteiger partial charge in [0, 0.05) is 19.8 Å². The number of aryl methyl sites for hydroxylation is 1. The average molecular weight is 423 g/mol. The standard InChI is InChI=1S/C19H26N6O3.ClH/c1-13(26)24-19(10-4-2-3-5-11-19)18-23-17(28-25-18)9-8-16(27)22-14-6-7-15(20)21-12-14;/h6-7,12H,2-5,8-11H2,1H3,(H2,20,21)(H,22,27)(H,24,26);1H. The van der Waals surface area contributed by atoms with Gasteiger partial charge in [0.15, 0.2) is 5.82 Å². The van der Waals surface area contributed by atoms with E-state index in [9.17, 15) is 9.59 Å². The van der Waals surface area contributed by atoms with E-state index in [0.29, 0.717) is 29.6 Å². The normalized spacial score (nSPS) is 15.6. The van der Waals surface area contributed by atoms with Crippen LogP contribution in [0.5, 0.6) is 0 Å². The molecule has 2 aromatic heterocycles. The maximum atomic E-state index is 12.1. The first-order valence-corrected chi connectivity index (χ1v) is 9.60. The Kier molecular flexibility index (Phi) is 7.95. The lowest BCUT2D eigenvalue weighted by molar-refractivity contribution is -0.121. The molecule has 0 aliphatic heterocycles. The van der Waals surface area contributed by atoms with Gasteiger partial charge in [-0.2, -0.15) is 4.98 Å². The summed E-state index contributed by atoms with van der Waals surface area (Å²) in [6.07, 6.45) is 7.85. The van der Waals surface area contributed by atoms with Crippen LogP contribution in [0.4, 0.5) is 11.5 Å². The van der Waals surface area contributed by atoms with Gasteiger partial charge in [0.1, 0.15) is 11.4 Å². The first kappa shape index (κ1) is 22.6. The molecule has 4 N–H and O–H groups in total. The number of hydrogen-bond acceptors (Lipinski definition) is 7. The summed E-state index contributed by atoms with van der Waals surface area (Å²) < 4.78 is 5.36. The lowest BCUT2D eigenvalue weighted by Gasteiger charge is -2.30. The Balaban J connectivity index is 0.00000300. The number of rotatable bonds is 6. The maximum Gasteiger partial charge on any atom is 0.227 e. The van der Waals surface area contributed by atoms with Gasteiger partial charge in [-0.1, -0.05) is 30.8 Å². The SMILES string of the molecule is CC(=O)NC1(c2noc(CCC(=O)Nc3ccc(N)nc3)n2)CCCCCC1.Cl. The quantitative estimate of drug-likeness (QED) is 0.608. The lowest BCUT2D eigenvalue weighted by Crippen LogP contribution is -2.45. The van der Waals surface area contributed by atoms with Crippen molar-refractivity contribution in [2.45, 2.75) is 63.8 Å². The third-order valence-corrected chi connectivity index (χ3v) is 4.90. The minimum atomic E-state index is -0.581. The van der Waals surface area contributed by atoms with Crippen molar-refractivity contribution in [1.82, 2.24) is 20.4 Å². The second kappa shape index (κ2) is 10.2. The van der Waals surface area contributed by atoms with Crippen LogP contribution in [0, 0.1) is 0 Å². The summed E-state index contributed by atoms with van der Waals surface area (Å²) in [7, 11) is 0. The summed E-state index contributed by atoms with van der Waals surface area (Å²) in [4.78, 5) is 32.3. The number of anilines is 2. The first-order chi connectivity index (χ1) is 13.5. The monoisotopic (exact) mass is 422 g/mol. The molecule has 0 saturated heterocycles. The Morgan fingerprint density at radius 2 is 1.93 bits per heavy atom. The fraction of sp³-hybridized carbons (Fsp3) is 0.526. The van der Waals surface area contributed by atoms with Gasteiger partial charge in [-0.25, -0.2) is 4.98 Å². The van der Waals surface area contributed by atoms with Crippen molar-refractivity contribution in [3.8, 4) is 0 Å². The van der Waals surface area contributed by atoms with Crippen molar-refractivity contribution in [2.24, 2.45) is 0 Å². The smallest absolute Gasteiger partial charge is 0.227 e. The van der Waals surface area contributed by atoms with Crippen LogP contribution in [-0.4, -0.2) is 26.9 Å². The van der Waals surface area contributed by atoms with Crippen LogP contribution >= 0.6 is 12.4 Å². The second-order valence-electron chi connectivity index (χ2n) is 7.21. The molecule has 10 heteroatoms. The van der Waals surface area contributed by atoms with E-state index in [0.717, 1.165) is 38.5 Å². The molecule has 0 spiro atoms. The summed E-state index contributed by atoms with van der Waals surface area (Å²) in [6, 6.07) is 3.31. The molecule has 0 aromatic carbocycles. The number of nitrogen functional groups attached to an aromatic ring is 1. The van der Waals surface area contributed by atoms with Crippen LogP contribution < -0.4 is 16.4 Å². The number of hydrogen-bond donors (Lipinski definition) is 3. The average Bonchev–Trinajstić information content (AvgIpc) is 3.02. The van der Waals surface area contributed by atoms with E-state index in [1.165, 1.54) is 13.1 Å². The van der Waals surface area contributed by atoms with Crippen LogP contribution in [0.25, 0.3) is 0 Å². The Morgan fingerprint density at radius 1 is 1.21 bits per heavy atom. The van der Waals surface area contributed by atoms with E-state index in [-0.39, 0.29) is 30.6 Å². The molecule has 0 radical (unpaired) electrons. The molecule has 1 aliphatic carbocycles. The molecule has 2 heterocycles. The number of nitrogens with zero attached hydrogens (tertiary/aromatic N) is 3. The van der Waals surface area contributed by atoms with E-state index in [4.69, 9.17) is 10.3 Å². The van der Waals surface area contributed by atoms with Gasteiger partial charge in [0.2, 0.25) is 17.7 Å². The van der Waals surface area contributed by atoms with Crippen molar-refractivity contribution < 1.29 is 14.1 Å². The van der Waals surface area contributed by atoms with Gasteiger partial charge in [-0.15, -0.1) is 12.4 Å². The van der Waals surface area contributed by atoms with E-state index in [1.807, 2.05) is 0 Å². The molecule has 1 fully saturated rings. The van der Waals surface area contributed by atoms with Crippen molar-refractivity contribution in [3.05, 3.63) is 30.0 Å². The van der Waals surface area contributed by atoms with Gasteiger partial charge in [0.05, 0.1) is 11.9 Å². The van der Waals surface area contributed by atoms with Crippen LogP contribution in [0.2, 0.25) is 0 Å². The number of pyridine rings is 1. The molecule has 2 aromatic rings. The summed E-state index contributed by atoms with van der Waals surface area (Å²) in [5.41, 5.74) is 5.52. The minimum absolute atomic E-state index is 0. The van der Waals surface area contributed by atoms with Gasteiger partial charge in [-0.05, 0) is 25.0 Å². The molecular weight excluding hydrogens is 396 g/mol. The number of halogens is 1. The zero-order valence-electron chi connectivity index (χ0n) is 16.4. The van der Waals surface area contributed by atoms with Crippen molar-refractivity contribution in [2.75, 3.05) is 11.1 Å². The van der Waals surface area contributed by atoms with Gasteiger partial charge >= 0.3 is 0 Å². The number of aromatic nitrogens is 3. The summed E-state index contributed by atoms with van der Waals surface area (Å²) in [5.74, 6) is 0.988. The van der Waals surface area contributed by atoms with Crippen LogP contribution in [-0.2, 0) is 21.5 Å². The molecule has 0 unspecified atom stereocenters. The third kappa shape index (κ3) is 6.15. The molecule has 158 valence electrons. The Morgan fingerprint density at radius 3 is 2.55 bits per heavy atom. The molecule has 29 heavy (non-hydrogen) atoms.